The number of ether oxygens (including phenoxy) is 1. The number of nitrogens with two attached hydrogens (primary N) is 2. The third kappa shape index (κ3) is 6.07. The summed E-state index contributed by atoms with van der Waals surface area (Å²) in [5, 5.41) is 50.5. The molecule has 7 atom stereocenters. The van der Waals surface area contributed by atoms with Gasteiger partial charge in [-0.25, -0.2) is 0 Å². The molecule has 1 fully saturated rings. The highest BCUT2D eigenvalue weighted by atomic mass is 16.5. The van der Waals surface area contributed by atoms with Crippen LogP contribution in [0.2, 0.25) is 0 Å². The quantitative estimate of drug-likeness (QED) is 0.161. The summed E-state index contributed by atoms with van der Waals surface area (Å²) < 4.78 is 5.49. The van der Waals surface area contributed by atoms with Gasteiger partial charge in [0.1, 0.15) is 36.4 Å². The Bertz CT molecular complexity index is 648. The van der Waals surface area contributed by atoms with Crippen LogP contribution in [-0.4, -0.2) is 110 Å². The number of aliphatic hydroxyl groups excluding tert-OH is 4. The Balaban J connectivity index is 3.50. The van der Waals surface area contributed by atoms with Crippen LogP contribution in [0, 0.1) is 0 Å². The van der Waals surface area contributed by atoms with E-state index in [0.29, 0.717) is 4.90 Å². The monoisotopic (exact) mass is 436 g/mol. The molecule has 0 aliphatic carbocycles. The molecule has 0 radical (unpaired) electrons. The molecular formula is C16H28N4O10. The fourth-order valence-corrected chi connectivity index (χ4v) is 3.13. The zero-order chi connectivity index (χ0) is 23.2. The van der Waals surface area contributed by atoms with Gasteiger partial charge in [0.2, 0.25) is 17.7 Å². The van der Waals surface area contributed by atoms with Crippen LogP contribution in [0.3, 0.4) is 0 Å². The number of carboxylic acids is 1. The van der Waals surface area contributed by atoms with Crippen LogP contribution in [0.5, 0.6) is 0 Å². The van der Waals surface area contributed by atoms with Gasteiger partial charge in [0.05, 0.1) is 13.2 Å². The highest BCUT2D eigenvalue weighted by Crippen LogP contribution is 2.27. The number of hydrogen-bond donors (Lipinski definition) is 8. The topological polar surface area (TPSA) is 246 Å². The van der Waals surface area contributed by atoms with E-state index in [1.807, 2.05) is 0 Å². The van der Waals surface area contributed by atoms with Gasteiger partial charge in [-0.1, -0.05) is 0 Å². The van der Waals surface area contributed by atoms with Crippen LogP contribution in [0.4, 0.5) is 0 Å². The third-order valence-electron chi connectivity index (χ3n) is 4.61. The van der Waals surface area contributed by atoms with Crippen LogP contribution < -0.4 is 16.8 Å². The van der Waals surface area contributed by atoms with Crippen molar-refractivity contribution in [3.63, 3.8) is 0 Å². The molecule has 172 valence electrons. The van der Waals surface area contributed by atoms with Gasteiger partial charge in [-0.2, -0.15) is 0 Å². The normalized spacial score (nSPS) is 28.3. The van der Waals surface area contributed by atoms with E-state index in [2.05, 4.69) is 5.32 Å². The van der Waals surface area contributed by atoms with Gasteiger partial charge >= 0.3 is 5.97 Å². The zero-order valence-electron chi connectivity index (χ0n) is 16.2. The van der Waals surface area contributed by atoms with E-state index in [0.717, 1.165) is 6.92 Å². The minimum absolute atomic E-state index is 0.469. The Morgan fingerprint density at radius 2 is 1.77 bits per heavy atom. The molecule has 0 aromatic rings. The lowest BCUT2D eigenvalue weighted by Gasteiger charge is -2.48. The zero-order valence-corrected chi connectivity index (χ0v) is 16.2. The second kappa shape index (κ2) is 11.1. The second-order valence-electron chi connectivity index (χ2n) is 6.84. The van der Waals surface area contributed by atoms with Crippen LogP contribution in [0.1, 0.15) is 19.8 Å². The number of carboxylic acid groups (broad SMARTS) is 1. The van der Waals surface area contributed by atoms with E-state index >= 15 is 0 Å². The minimum Gasteiger partial charge on any atom is -0.481 e. The molecule has 0 spiro atoms. The van der Waals surface area contributed by atoms with E-state index in [9.17, 15) is 39.6 Å². The summed E-state index contributed by atoms with van der Waals surface area (Å²) in [6.07, 6.45) is -7.58. The van der Waals surface area contributed by atoms with Crippen molar-refractivity contribution in [2.75, 3.05) is 13.2 Å². The van der Waals surface area contributed by atoms with Crippen molar-refractivity contribution >= 4 is 23.7 Å². The maximum absolute atomic E-state index is 12.9. The average molecular weight is 436 g/mol. The minimum atomic E-state index is -1.75. The Hall–Kier alpha value is -2.36. The molecule has 0 aromatic heterocycles. The van der Waals surface area contributed by atoms with Crippen molar-refractivity contribution in [3.8, 4) is 0 Å². The van der Waals surface area contributed by atoms with Crippen molar-refractivity contribution in [3.05, 3.63) is 0 Å². The molecule has 30 heavy (non-hydrogen) atoms. The van der Waals surface area contributed by atoms with Gasteiger partial charge in [-0.05, 0) is 6.42 Å². The number of primary amides is 1. The maximum atomic E-state index is 12.9. The van der Waals surface area contributed by atoms with E-state index in [-0.39, 0.29) is 0 Å². The van der Waals surface area contributed by atoms with Gasteiger partial charge in [0.15, 0.2) is 6.23 Å². The SMILES string of the molecule is CC(=O)N[C@H]1C(N(C(=O)[C@@H](N)CO)[C@H](CCC(=O)O)C(N)=O)O[C@H](CO)[C@@H](O)[C@@H]1O. The van der Waals surface area contributed by atoms with Crippen molar-refractivity contribution < 1.29 is 49.4 Å². The number of amides is 3. The summed E-state index contributed by atoms with van der Waals surface area (Å²) in [5.41, 5.74) is 10.9. The average Bonchev–Trinajstić information content (AvgIpc) is 2.67. The molecule has 1 aliphatic rings. The Morgan fingerprint density at radius 1 is 1.17 bits per heavy atom. The summed E-state index contributed by atoms with van der Waals surface area (Å²) >= 11 is 0. The number of carbonyl (C=O) groups is 4. The summed E-state index contributed by atoms with van der Waals surface area (Å²) in [5.74, 6) is -4.22. The highest BCUT2D eigenvalue weighted by molar-refractivity contribution is 5.89. The van der Waals surface area contributed by atoms with Gasteiger partial charge in [0.25, 0.3) is 0 Å². The molecule has 10 N–H and O–H groups in total. The van der Waals surface area contributed by atoms with Crippen LogP contribution in [0.25, 0.3) is 0 Å². The molecule has 1 heterocycles. The predicted octanol–water partition coefficient (Wildman–Crippen LogP) is -5.20. The number of hydrogen-bond acceptors (Lipinski definition) is 10. The first-order valence-electron chi connectivity index (χ1n) is 9.05. The molecule has 3 amide bonds. The van der Waals surface area contributed by atoms with Crippen LogP contribution >= 0.6 is 0 Å². The number of carbonyl (C=O) groups excluding carboxylic acids is 3. The van der Waals surface area contributed by atoms with Crippen molar-refractivity contribution in [2.45, 2.75) is 62.4 Å². The summed E-state index contributed by atoms with van der Waals surface area (Å²) in [4.78, 5) is 48.1. The van der Waals surface area contributed by atoms with E-state index in [1.165, 1.54) is 0 Å². The Labute approximate surface area is 171 Å². The number of nitrogens with one attached hydrogen (secondary N) is 1. The van der Waals surface area contributed by atoms with Gasteiger partial charge in [-0.15, -0.1) is 0 Å². The molecule has 14 nitrogen and oxygen atoms in total. The van der Waals surface area contributed by atoms with Crippen LogP contribution in [0.15, 0.2) is 0 Å². The maximum Gasteiger partial charge on any atom is 0.303 e. The van der Waals surface area contributed by atoms with Crippen molar-refractivity contribution in [2.24, 2.45) is 11.5 Å². The van der Waals surface area contributed by atoms with E-state index in [4.69, 9.17) is 21.3 Å². The summed E-state index contributed by atoms with van der Waals surface area (Å²) in [6.45, 7) is -0.576. The molecular weight excluding hydrogens is 408 g/mol. The molecule has 14 heteroatoms. The van der Waals surface area contributed by atoms with Crippen molar-refractivity contribution in [1.29, 1.82) is 0 Å². The summed E-state index contributed by atoms with van der Waals surface area (Å²) in [7, 11) is 0. The Kier molecular flexibility index (Phi) is 9.54. The molecule has 1 rings (SSSR count). The lowest BCUT2D eigenvalue weighted by Crippen LogP contribution is -2.72. The summed E-state index contributed by atoms with van der Waals surface area (Å²) in [6, 6.07) is -4.69. The smallest absolute Gasteiger partial charge is 0.303 e. The number of rotatable bonds is 10. The van der Waals surface area contributed by atoms with E-state index < -0.39 is 92.4 Å². The molecule has 1 saturated heterocycles. The van der Waals surface area contributed by atoms with Gasteiger partial charge in [0, 0.05) is 13.3 Å². The first-order chi connectivity index (χ1) is 14.0. The fourth-order valence-electron chi connectivity index (χ4n) is 3.13. The van der Waals surface area contributed by atoms with Gasteiger partial charge in [-0.3, -0.25) is 19.2 Å². The fraction of sp³-hybridized carbons (Fsp3) is 0.750. The second-order valence-corrected chi connectivity index (χ2v) is 6.84. The molecule has 0 aromatic carbocycles. The number of nitrogens with zero attached hydrogens (tertiary/aromatic N) is 1. The lowest BCUT2D eigenvalue weighted by molar-refractivity contribution is -0.236. The number of aliphatic hydroxyl groups is 4. The van der Waals surface area contributed by atoms with E-state index in [1.54, 1.807) is 0 Å². The standard InChI is InChI=1S/C16H28N4O10/c1-6(23)19-11-13(27)12(26)9(5-22)30-16(11)20(15(29)7(17)4-21)8(14(18)28)2-3-10(24)25/h7-9,11-13,16,21-22,26-27H,2-5,17H2,1H3,(H2,18,28)(H,19,23)(H,24,25)/t7-,8+,9+,11+,12+,13+,16?/m0/s1. The predicted molar refractivity (Wildman–Crippen MR) is 97.1 cm³/mol. The third-order valence-corrected chi connectivity index (χ3v) is 4.61. The highest BCUT2D eigenvalue weighted by Gasteiger charge is 2.50. The number of aliphatic carboxylic acids is 1. The van der Waals surface area contributed by atoms with Crippen molar-refractivity contribution in [1.82, 2.24) is 10.2 Å². The first-order valence-corrected chi connectivity index (χ1v) is 9.05. The molecule has 1 unspecified atom stereocenters. The molecule has 0 saturated carbocycles. The lowest BCUT2D eigenvalue weighted by atomic mass is 9.93. The molecule has 1 aliphatic heterocycles. The van der Waals surface area contributed by atoms with Crippen LogP contribution in [-0.2, 0) is 23.9 Å². The molecule has 0 bridgehead atoms. The largest absolute Gasteiger partial charge is 0.481 e. The first kappa shape index (κ1) is 25.7. The van der Waals surface area contributed by atoms with Gasteiger partial charge < -0.3 is 52.0 Å². The Morgan fingerprint density at radius 3 is 2.20 bits per heavy atom.